The van der Waals surface area contributed by atoms with Crippen LogP contribution in [0.25, 0.3) is 21.2 Å². The van der Waals surface area contributed by atoms with Gasteiger partial charge in [-0.3, -0.25) is 9.59 Å². The van der Waals surface area contributed by atoms with Crippen LogP contribution in [0.2, 0.25) is 0 Å². The number of carbonyl (C=O) groups is 1. The van der Waals surface area contributed by atoms with Gasteiger partial charge >= 0.3 is 5.91 Å². The topological polar surface area (TPSA) is 98.7 Å². The highest BCUT2D eigenvalue weighted by molar-refractivity contribution is 7.90. The predicted octanol–water partition coefficient (Wildman–Crippen LogP) is 3.14. The van der Waals surface area contributed by atoms with Crippen LogP contribution in [0.3, 0.4) is 0 Å². The lowest BCUT2D eigenvalue weighted by atomic mass is 10.2. The molecule has 0 bridgehead atoms. The molecule has 2 aromatic heterocycles. The number of thiazole rings is 1. The van der Waals surface area contributed by atoms with Gasteiger partial charge in [-0.1, -0.05) is 29.5 Å². The molecular weight excluding hydrogens is 424 g/mol. The number of fused-ring (bicyclic) bond motifs is 2. The molecule has 4 aromatic rings. The van der Waals surface area contributed by atoms with E-state index in [1.165, 1.54) is 17.4 Å². The van der Waals surface area contributed by atoms with Crippen LogP contribution in [-0.2, 0) is 16.4 Å². The second-order valence-corrected chi connectivity index (χ2v) is 9.60. The molecule has 152 valence electrons. The van der Waals surface area contributed by atoms with Gasteiger partial charge in [-0.15, -0.1) is 6.58 Å². The molecule has 0 atom stereocenters. The molecular formula is C21H16N2O5S2. The Bertz CT molecular complexity index is 1560. The Hall–Kier alpha value is -3.30. The SMILES string of the molecule is C=CCn1c(=NC(=O)c2cc(=O)c3ccccc3o2)sc2cc(S(C)(=O)=O)ccc21. The summed E-state index contributed by atoms with van der Waals surface area (Å²) in [4.78, 5) is 29.7. The second-order valence-electron chi connectivity index (χ2n) is 6.57. The van der Waals surface area contributed by atoms with Gasteiger partial charge in [-0.05, 0) is 30.3 Å². The molecule has 2 heterocycles. The summed E-state index contributed by atoms with van der Waals surface area (Å²) >= 11 is 1.17. The van der Waals surface area contributed by atoms with E-state index in [9.17, 15) is 18.0 Å². The summed E-state index contributed by atoms with van der Waals surface area (Å²) in [6, 6.07) is 12.5. The van der Waals surface area contributed by atoms with Gasteiger partial charge in [0.25, 0.3) is 0 Å². The maximum absolute atomic E-state index is 12.7. The third-order valence-electron chi connectivity index (χ3n) is 4.44. The fourth-order valence-corrected chi connectivity index (χ4v) is 4.83. The third-order valence-corrected chi connectivity index (χ3v) is 6.59. The molecule has 9 heteroatoms. The number of para-hydroxylation sites is 1. The lowest BCUT2D eigenvalue weighted by molar-refractivity contribution is 0.0972. The lowest BCUT2D eigenvalue weighted by Gasteiger charge is -2.02. The van der Waals surface area contributed by atoms with Crippen LogP contribution in [0.5, 0.6) is 0 Å². The van der Waals surface area contributed by atoms with Gasteiger partial charge in [0.2, 0.25) is 0 Å². The molecule has 1 amide bonds. The molecule has 0 N–H and O–H groups in total. The van der Waals surface area contributed by atoms with Crippen LogP contribution >= 0.6 is 11.3 Å². The van der Waals surface area contributed by atoms with Crippen LogP contribution in [0.15, 0.2) is 80.3 Å². The zero-order valence-corrected chi connectivity index (χ0v) is 17.5. The lowest BCUT2D eigenvalue weighted by Crippen LogP contribution is -2.17. The van der Waals surface area contributed by atoms with Gasteiger partial charge in [0, 0.05) is 18.9 Å². The fourth-order valence-electron chi connectivity index (χ4n) is 3.03. The first-order chi connectivity index (χ1) is 14.3. The Morgan fingerprint density at radius 3 is 2.73 bits per heavy atom. The van der Waals surface area contributed by atoms with Gasteiger partial charge < -0.3 is 8.98 Å². The van der Waals surface area contributed by atoms with Crippen LogP contribution in [0.1, 0.15) is 10.6 Å². The van der Waals surface area contributed by atoms with Crippen molar-refractivity contribution in [3.05, 3.63) is 82.0 Å². The van der Waals surface area contributed by atoms with Gasteiger partial charge in [0.1, 0.15) is 5.58 Å². The number of aromatic nitrogens is 1. The fraction of sp³-hybridized carbons (Fsp3) is 0.0952. The third kappa shape index (κ3) is 3.64. The minimum absolute atomic E-state index is 0.168. The molecule has 0 saturated carbocycles. The van der Waals surface area contributed by atoms with E-state index in [1.807, 2.05) is 0 Å². The van der Waals surface area contributed by atoms with E-state index < -0.39 is 15.7 Å². The summed E-state index contributed by atoms with van der Waals surface area (Å²) in [6.45, 7) is 4.09. The maximum Gasteiger partial charge on any atom is 0.315 e. The Labute approximate surface area is 175 Å². The number of hydrogen-bond donors (Lipinski definition) is 0. The summed E-state index contributed by atoms with van der Waals surface area (Å²) in [5.41, 5.74) is 0.693. The molecule has 2 aromatic carbocycles. The van der Waals surface area contributed by atoms with Crippen molar-refractivity contribution in [2.24, 2.45) is 4.99 Å². The first-order valence-electron chi connectivity index (χ1n) is 8.84. The van der Waals surface area contributed by atoms with Crippen molar-refractivity contribution < 1.29 is 17.6 Å². The van der Waals surface area contributed by atoms with Gasteiger partial charge in [0.15, 0.2) is 25.8 Å². The number of allylic oxidation sites excluding steroid dienone is 1. The van der Waals surface area contributed by atoms with Crippen molar-refractivity contribution >= 4 is 48.3 Å². The summed E-state index contributed by atoms with van der Waals surface area (Å²) in [5, 5.41) is 0.380. The predicted molar refractivity (Wildman–Crippen MR) is 115 cm³/mol. The van der Waals surface area contributed by atoms with E-state index in [-0.39, 0.29) is 16.1 Å². The van der Waals surface area contributed by atoms with Crippen molar-refractivity contribution in [2.75, 3.05) is 6.26 Å². The quantitative estimate of drug-likeness (QED) is 0.454. The van der Waals surface area contributed by atoms with E-state index in [4.69, 9.17) is 4.42 Å². The van der Waals surface area contributed by atoms with E-state index in [2.05, 4.69) is 11.6 Å². The Morgan fingerprint density at radius 1 is 1.23 bits per heavy atom. The molecule has 0 fully saturated rings. The molecule has 0 spiro atoms. The van der Waals surface area contributed by atoms with E-state index in [1.54, 1.807) is 47.0 Å². The van der Waals surface area contributed by atoms with Crippen LogP contribution in [0.4, 0.5) is 0 Å². The minimum atomic E-state index is -3.37. The average molecular weight is 441 g/mol. The average Bonchev–Trinajstić information content (AvgIpc) is 3.04. The number of amides is 1. The largest absolute Gasteiger partial charge is 0.451 e. The Morgan fingerprint density at radius 2 is 2.00 bits per heavy atom. The summed E-state index contributed by atoms with van der Waals surface area (Å²) in [7, 11) is -3.37. The molecule has 0 radical (unpaired) electrons. The van der Waals surface area contributed by atoms with Crippen molar-refractivity contribution in [1.29, 1.82) is 0 Å². The van der Waals surface area contributed by atoms with Gasteiger partial charge in [0.05, 0.1) is 20.5 Å². The van der Waals surface area contributed by atoms with Crippen molar-refractivity contribution in [2.45, 2.75) is 11.4 Å². The smallest absolute Gasteiger partial charge is 0.315 e. The Balaban J connectivity index is 1.89. The number of benzene rings is 2. The molecule has 7 nitrogen and oxygen atoms in total. The normalized spacial score (nSPS) is 12.5. The zero-order valence-electron chi connectivity index (χ0n) is 15.9. The molecule has 0 aliphatic heterocycles. The van der Waals surface area contributed by atoms with E-state index in [0.717, 1.165) is 17.8 Å². The highest BCUT2D eigenvalue weighted by Crippen LogP contribution is 2.22. The van der Waals surface area contributed by atoms with Gasteiger partial charge in [-0.25, -0.2) is 8.42 Å². The van der Waals surface area contributed by atoms with Gasteiger partial charge in [-0.2, -0.15) is 4.99 Å². The summed E-state index contributed by atoms with van der Waals surface area (Å²) < 4.78 is 31.7. The number of rotatable bonds is 4. The van der Waals surface area contributed by atoms with Crippen molar-refractivity contribution in [3.63, 3.8) is 0 Å². The maximum atomic E-state index is 12.7. The monoisotopic (exact) mass is 440 g/mol. The first kappa shape index (κ1) is 20.0. The zero-order chi connectivity index (χ0) is 21.5. The van der Waals surface area contributed by atoms with Crippen molar-refractivity contribution in [1.82, 2.24) is 4.57 Å². The Kier molecular flexibility index (Phi) is 5.00. The first-order valence-corrected chi connectivity index (χ1v) is 11.5. The molecule has 0 unspecified atom stereocenters. The van der Waals surface area contributed by atoms with E-state index in [0.29, 0.717) is 27.0 Å². The minimum Gasteiger partial charge on any atom is -0.451 e. The second kappa shape index (κ2) is 7.51. The number of hydrogen-bond acceptors (Lipinski definition) is 6. The van der Waals surface area contributed by atoms with Crippen molar-refractivity contribution in [3.8, 4) is 0 Å². The van der Waals surface area contributed by atoms with Crippen LogP contribution in [0, 0.1) is 0 Å². The highest BCUT2D eigenvalue weighted by Gasteiger charge is 2.15. The standard InChI is InChI=1S/C21H16N2O5S2/c1-3-10-23-15-9-8-13(30(2,26)27)11-19(15)29-21(23)22-20(25)18-12-16(24)14-6-4-5-7-17(14)28-18/h3-9,11-12H,1,10H2,2H3. The molecule has 0 saturated heterocycles. The van der Waals surface area contributed by atoms with Crippen LogP contribution in [-0.4, -0.2) is 25.1 Å². The summed E-state index contributed by atoms with van der Waals surface area (Å²) in [6.07, 6.45) is 2.78. The van der Waals surface area contributed by atoms with Crippen LogP contribution < -0.4 is 10.2 Å². The summed E-state index contributed by atoms with van der Waals surface area (Å²) in [5.74, 6) is -0.872. The molecule has 0 aliphatic rings. The molecule has 30 heavy (non-hydrogen) atoms. The van der Waals surface area contributed by atoms with E-state index >= 15 is 0 Å². The molecule has 4 rings (SSSR count). The highest BCUT2D eigenvalue weighted by atomic mass is 32.2. The number of nitrogens with zero attached hydrogens (tertiary/aromatic N) is 2. The molecule has 0 aliphatic carbocycles. The number of sulfone groups is 1. The number of carbonyl (C=O) groups excluding carboxylic acids is 1.